The molecule has 58 heavy (non-hydrogen) atoms. The number of hydrogen-bond donors (Lipinski definition) is 1. The van der Waals surface area contributed by atoms with Gasteiger partial charge in [-0.25, -0.2) is 4.99 Å². The first-order valence-electron chi connectivity index (χ1n) is 20.4. The summed E-state index contributed by atoms with van der Waals surface area (Å²) in [6, 6.07) is 39.1. The summed E-state index contributed by atoms with van der Waals surface area (Å²) in [7, 11) is 0. The highest BCUT2D eigenvalue weighted by Gasteiger charge is 2.51. The van der Waals surface area contributed by atoms with Gasteiger partial charge in [0.25, 0.3) is 0 Å². The molecule has 12 rings (SSSR count). The largest absolute Gasteiger partial charge is 0.456 e. The highest BCUT2D eigenvalue weighted by Crippen LogP contribution is 2.50. The van der Waals surface area contributed by atoms with Gasteiger partial charge in [0, 0.05) is 58.8 Å². The quantitative estimate of drug-likeness (QED) is 0.135. The Kier molecular flexibility index (Phi) is 7.70. The topological polar surface area (TPSA) is 77.0 Å². The summed E-state index contributed by atoms with van der Waals surface area (Å²) in [6.45, 7) is 0.567. The second-order valence-corrected chi connectivity index (χ2v) is 17.1. The standard InChI is InChI=1S/C52H39N3O2S/c53-51(49-42-27-40-35-15-6-8-19-44(35)56-46(40)28-43(42)49)55-52(54-29-30-11-2-1-3-12-30)32-21-23-36-39-18-10-17-38(50(39)57-45(36)26-32)34-14-5-4-13-33(34)31-22-24-48-41(25-31)37-16-7-9-20-47(37)58-48/h2,4-20,22,24-28,42-43,49H,1,3,21,23,29H2,(H2,53,54,55)/t42?,43-,49?/m1/s1. The number of amidine groups is 2. The lowest BCUT2D eigenvalue weighted by molar-refractivity contribution is 0.571. The van der Waals surface area contributed by atoms with Crippen molar-refractivity contribution in [3.05, 3.63) is 161 Å². The zero-order valence-corrected chi connectivity index (χ0v) is 32.6. The van der Waals surface area contributed by atoms with E-state index in [1.807, 2.05) is 23.5 Å². The van der Waals surface area contributed by atoms with Crippen LogP contribution in [0.2, 0.25) is 0 Å². The number of furan rings is 2. The van der Waals surface area contributed by atoms with Crippen molar-refractivity contribution < 1.29 is 8.83 Å². The van der Waals surface area contributed by atoms with Gasteiger partial charge in [-0.05, 0) is 96.2 Å². The van der Waals surface area contributed by atoms with Crippen molar-refractivity contribution in [3.63, 3.8) is 0 Å². The van der Waals surface area contributed by atoms with Crippen LogP contribution in [0.15, 0.2) is 157 Å². The predicted octanol–water partition coefficient (Wildman–Crippen LogP) is 11.4. The predicted molar refractivity (Wildman–Crippen MR) is 242 cm³/mol. The van der Waals surface area contributed by atoms with Gasteiger partial charge in [0.2, 0.25) is 0 Å². The van der Waals surface area contributed by atoms with E-state index in [0.29, 0.717) is 24.1 Å². The molecule has 1 fully saturated rings. The van der Waals surface area contributed by atoms with E-state index in [0.717, 1.165) is 75.5 Å². The highest BCUT2D eigenvalue weighted by molar-refractivity contribution is 7.25. The Morgan fingerprint density at radius 2 is 1.52 bits per heavy atom. The van der Waals surface area contributed by atoms with Gasteiger partial charge in [-0.1, -0.05) is 109 Å². The molecule has 0 aliphatic heterocycles. The molecule has 5 nitrogen and oxygen atoms in total. The molecule has 3 aromatic heterocycles. The molecule has 3 atom stereocenters. The van der Waals surface area contributed by atoms with Crippen LogP contribution >= 0.6 is 11.3 Å². The molecular weight excluding hydrogens is 731 g/mol. The molecule has 1 saturated carbocycles. The maximum Gasteiger partial charge on any atom is 0.153 e. The summed E-state index contributed by atoms with van der Waals surface area (Å²) in [6.07, 6.45) is 17.2. The number of aryl methyl sites for hydroxylation is 1. The molecule has 0 amide bonds. The van der Waals surface area contributed by atoms with E-state index in [4.69, 9.17) is 24.6 Å². The third-order valence-corrected chi connectivity index (χ3v) is 13.7. The van der Waals surface area contributed by atoms with E-state index >= 15 is 0 Å². The number of thiophene rings is 1. The fourth-order valence-corrected chi connectivity index (χ4v) is 10.7. The fourth-order valence-electron chi connectivity index (χ4n) is 9.59. The van der Waals surface area contributed by atoms with Gasteiger partial charge >= 0.3 is 0 Å². The van der Waals surface area contributed by atoms with Crippen molar-refractivity contribution in [2.75, 3.05) is 6.54 Å². The van der Waals surface area contributed by atoms with Crippen molar-refractivity contribution >= 4 is 83.3 Å². The van der Waals surface area contributed by atoms with Gasteiger partial charge in [-0.15, -0.1) is 11.3 Å². The van der Waals surface area contributed by atoms with Crippen molar-refractivity contribution in [2.45, 2.75) is 25.7 Å². The van der Waals surface area contributed by atoms with E-state index in [2.05, 4.69) is 134 Å². The normalized spacial score (nSPS) is 20.0. The lowest BCUT2D eigenvalue weighted by atomic mass is 9.91. The number of hydrogen-bond acceptors (Lipinski definition) is 4. The lowest BCUT2D eigenvalue weighted by Crippen LogP contribution is -2.22. The lowest BCUT2D eigenvalue weighted by Gasteiger charge is -2.14. The van der Waals surface area contributed by atoms with Gasteiger partial charge < -0.3 is 14.6 Å². The van der Waals surface area contributed by atoms with Gasteiger partial charge in [-0.3, -0.25) is 4.99 Å². The Labute approximate surface area is 339 Å². The van der Waals surface area contributed by atoms with Crippen LogP contribution in [0.4, 0.5) is 0 Å². The van der Waals surface area contributed by atoms with E-state index in [-0.39, 0.29) is 11.8 Å². The number of para-hydroxylation sites is 2. The van der Waals surface area contributed by atoms with Crippen LogP contribution in [0.1, 0.15) is 30.6 Å². The molecule has 5 aromatic carbocycles. The third kappa shape index (κ3) is 5.50. The fraction of sp³-hybridized carbons (Fsp3) is 0.154. The molecule has 280 valence electrons. The second-order valence-electron chi connectivity index (χ2n) is 16.0. The molecule has 6 heteroatoms. The van der Waals surface area contributed by atoms with Crippen LogP contribution in [0.3, 0.4) is 0 Å². The first-order valence-corrected chi connectivity index (χ1v) is 21.2. The van der Waals surface area contributed by atoms with Crippen LogP contribution in [-0.4, -0.2) is 18.2 Å². The maximum absolute atomic E-state index is 6.95. The number of allylic oxidation sites excluding steroid dienone is 2. The molecule has 0 saturated heterocycles. The second kappa shape index (κ2) is 13.3. The van der Waals surface area contributed by atoms with E-state index in [9.17, 15) is 0 Å². The van der Waals surface area contributed by atoms with Gasteiger partial charge in [0.1, 0.15) is 28.2 Å². The Balaban J connectivity index is 0.915. The summed E-state index contributed by atoms with van der Waals surface area (Å²) in [5, 5.41) is 6.08. The zero-order chi connectivity index (χ0) is 38.3. The number of rotatable bonds is 6. The molecule has 0 spiro atoms. The average molecular weight is 770 g/mol. The van der Waals surface area contributed by atoms with Crippen molar-refractivity contribution in [1.82, 2.24) is 0 Å². The molecule has 0 bridgehead atoms. The summed E-state index contributed by atoms with van der Waals surface area (Å²) in [5.74, 6) is 2.91. The summed E-state index contributed by atoms with van der Waals surface area (Å²) in [4.78, 5) is 10.3. The molecule has 3 heterocycles. The molecule has 4 aliphatic carbocycles. The zero-order valence-electron chi connectivity index (χ0n) is 31.8. The van der Waals surface area contributed by atoms with Crippen molar-refractivity contribution in [1.29, 1.82) is 0 Å². The van der Waals surface area contributed by atoms with E-state index < -0.39 is 0 Å². The van der Waals surface area contributed by atoms with Crippen molar-refractivity contribution in [3.8, 4) is 22.3 Å². The van der Waals surface area contributed by atoms with Crippen LogP contribution in [0.25, 0.3) is 82.6 Å². The Bertz CT molecular complexity index is 3310. The van der Waals surface area contributed by atoms with Crippen LogP contribution in [0, 0.1) is 17.8 Å². The highest BCUT2D eigenvalue weighted by atomic mass is 32.1. The number of aliphatic imine (C=N–C) groups is 2. The third-order valence-electron chi connectivity index (χ3n) is 12.5. The molecule has 8 aromatic rings. The molecule has 2 unspecified atom stereocenters. The minimum atomic E-state index is 0.119. The van der Waals surface area contributed by atoms with Crippen molar-refractivity contribution in [2.24, 2.45) is 33.5 Å². The van der Waals surface area contributed by atoms with Crippen LogP contribution in [0.5, 0.6) is 0 Å². The number of fused-ring (bicyclic) bond motifs is 10. The smallest absolute Gasteiger partial charge is 0.153 e. The first-order chi connectivity index (χ1) is 28.6. The minimum Gasteiger partial charge on any atom is -0.456 e. The summed E-state index contributed by atoms with van der Waals surface area (Å²) < 4.78 is 15.8. The Hall–Kier alpha value is -6.50. The Morgan fingerprint density at radius 3 is 2.43 bits per heavy atom. The monoisotopic (exact) mass is 769 g/mol. The van der Waals surface area contributed by atoms with Crippen LogP contribution in [-0.2, 0) is 6.42 Å². The maximum atomic E-state index is 6.95. The number of benzene rings is 5. The van der Waals surface area contributed by atoms with E-state index in [1.54, 1.807) is 0 Å². The summed E-state index contributed by atoms with van der Waals surface area (Å²) >= 11 is 1.85. The molecule has 0 radical (unpaired) electrons. The average Bonchev–Trinajstić information content (AvgIpc) is 3.50. The number of nitrogens with two attached hydrogens (primary N) is 1. The van der Waals surface area contributed by atoms with Crippen LogP contribution < -0.4 is 16.4 Å². The SMILES string of the molecule is NC(=NC(=NCC1=CCCC=C1)C1=Cc2oc3c(-c4ccccc4-c4ccc5sc6ccccc6c5c4)cccc3c2CC1)C1C2C=c3c(oc4ccccc34)=C[C@H]21. The first kappa shape index (κ1) is 33.6. The molecular formula is C52H39N3O2S. The molecule has 4 aliphatic rings. The molecule has 2 N–H and O–H groups in total. The Morgan fingerprint density at radius 1 is 0.724 bits per heavy atom. The van der Waals surface area contributed by atoms with Gasteiger partial charge in [0.05, 0.1) is 6.54 Å². The van der Waals surface area contributed by atoms with Gasteiger partial charge in [-0.2, -0.15) is 0 Å². The minimum absolute atomic E-state index is 0.119. The van der Waals surface area contributed by atoms with Gasteiger partial charge in [0.15, 0.2) is 5.84 Å². The summed E-state index contributed by atoms with van der Waals surface area (Å²) in [5.41, 5.74) is 17.9. The number of nitrogens with zero attached hydrogens (tertiary/aromatic N) is 2. The van der Waals surface area contributed by atoms with E-state index in [1.165, 1.54) is 47.7 Å².